The number of hydrogen-bond donors (Lipinski definition) is 0. The third-order valence-electron chi connectivity index (χ3n) is 3.73. The van der Waals surface area contributed by atoms with Crippen molar-refractivity contribution in [3.8, 4) is 5.75 Å². The van der Waals surface area contributed by atoms with Crippen molar-refractivity contribution < 1.29 is 23.9 Å². The zero-order valence-corrected chi connectivity index (χ0v) is 13.2. The normalized spacial score (nSPS) is 13.0. The van der Waals surface area contributed by atoms with Gasteiger partial charge in [0.1, 0.15) is 5.75 Å². The van der Waals surface area contributed by atoms with Crippen LogP contribution in [0.4, 0.5) is 5.69 Å². The first-order chi connectivity index (χ1) is 11.6. The molecule has 1 heterocycles. The molecule has 0 radical (unpaired) electrons. The van der Waals surface area contributed by atoms with Gasteiger partial charge in [-0.25, -0.2) is 9.69 Å². The van der Waals surface area contributed by atoms with Gasteiger partial charge in [0, 0.05) is 0 Å². The Hall–Kier alpha value is -3.15. The van der Waals surface area contributed by atoms with Gasteiger partial charge in [-0.3, -0.25) is 9.59 Å². The molecule has 1 aliphatic rings. The number of amides is 2. The first-order valence-electron chi connectivity index (χ1n) is 7.40. The Kier molecular flexibility index (Phi) is 4.04. The number of benzene rings is 2. The molecule has 0 aliphatic carbocycles. The average molecular weight is 325 g/mol. The molecule has 3 rings (SSSR count). The molecule has 6 nitrogen and oxygen atoms in total. The van der Waals surface area contributed by atoms with Crippen LogP contribution in [0.2, 0.25) is 0 Å². The van der Waals surface area contributed by atoms with E-state index in [4.69, 9.17) is 9.47 Å². The van der Waals surface area contributed by atoms with Crippen LogP contribution in [0.1, 0.15) is 38.0 Å². The van der Waals surface area contributed by atoms with Crippen molar-refractivity contribution >= 4 is 23.5 Å². The number of esters is 1. The van der Waals surface area contributed by atoms with E-state index in [-0.39, 0.29) is 23.3 Å². The number of fused-ring (bicyclic) bond motifs is 1. The molecule has 24 heavy (non-hydrogen) atoms. The summed E-state index contributed by atoms with van der Waals surface area (Å²) in [6.07, 6.45) is 0. The van der Waals surface area contributed by atoms with Crippen molar-refractivity contribution in [1.29, 1.82) is 0 Å². The van der Waals surface area contributed by atoms with Gasteiger partial charge in [0.05, 0.1) is 36.1 Å². The second kappa shape index (κ2) is 6.16. The SMILES string of the molecule is CCOC(=O)c1ccc2c(c1)C(=O)N(c1ccc(OC)cc1)C2=O. The highest BCUT2D eigenvalue weighted by Crippen LogP contribution is 2.30. The fraction of sp³-hybridized carbons (Fsp3) is 0.167. The van der Waals surface area contributed by atoms with Gasteiger partial charge in [-0.2, -0.15) is 0 Å². The van der Waals surface area contributed by atoms with Crippen molar-refractivity contribution in [2.75, 3.05) is 18.6 Å². The highest BCUT2D eigenvalue weighted by atomic mass is 16.5. The van der Waals surface area contributed by atoms with E-state index in [1.165, 1.54) is 25.3 Å². The molecule has 0 atom stereocenters. The predicted octanol–water partition coefficient (Wildman–Crippen LogP) is 2.67. The Labute approximate surface area is 138 Å². The molecule has 1 aliphatic heterocycles. The van der Waals surface area contributed by atoms with Crippen LogP contribution in [0.3, 0.4) is 0 Å². The quantitative estimate of drug-likeness (QED) is 0.638. The standard InChI is InChI=1S/C18H15NO5/c1-3-24-18(22)11-4-9-14-15(10-11)17(21)19(16(14)20)12-5-7-13(23-2)8-6-12/h4-10H,3H2,1-2H3. The van der Waals surface area contributed by atoms with Crippen LogP contribution < -0.4 is 9.64 Å². The average Bonchev–Trinajstić information content (AvgIpc) is 2.86. The maximum Gasteiger partial charge on any atom is 0.338 e. The Balaban J connectivity index is 1.97. The number of carbonyl (C=O) groups is 3. The van der Waals surface area contributed by atoms with Crippen LogP contribution in [-0.2, 0) is 4.74 Å². The van der Waals surface area contributed by atoms with Crippen molar-refractivity contribution in [2.45, 2.75) is 6.92 Å². The zero-order chi connectivity index (χ0) is 17.3. The van der Waals surface area contributed by atoms with Gasteiger partial charge in [-0.15, -0.1) is 0 Å². The fourth-order valence-electron chi connectivity index (χ4n) is 2.55. The maximum atomic E-state index is 12.6. The van der Waals surface area contributed by atoms with E-state index < -0.39 is 17.8 Å². The molecule has 2 amide bonds. The number of carbonyl (C=O) groups excluding carboxylic acids is 3. The molecule has 0 bridgehead atoms. The van der Waals surface area contributed by atoms with E-state index in [2.05, 4.69) is 0 Å². The van der Waals surface area contributed by atoms with Crippen molar-refractivity contribution in [3.05, 3.63) is 59.2 Å². The molecule has 0 spiro atoms. The number of anilines is 1. The third-order valence-corrected chi connectivity index (χ3v) is 3.73. The third kappa shape index (κ3) is 2.52. The van der Waals surface area contributed by atoms with Crippen LogP contribution in [0.5, 0.6) is 5.75 Å². The summed E-state index contributed by atoms with van der Waals surface area (Å²) in [6, 6.07) is 11.0. The highest BCUT2D eigenvalue weighted by molar-refractivity contribution is 6.34. The molecule has 0 fully saturated rings. The lowest BCUT2D eigenvalue weighted by Crippen LogP contribution is -2.29. The Bertz CT molecular complexity index is 826. The van der Waals surface area contributed by atoms with Gasteiger partial charge in [0.15, 0.2) is 0 Å². The molecule has 2 aromatic rings. The van der Waals surface area contributed by atoms with E-state index in [0.717, 1.165) is 4.90 Å². The molecule has 0 N–H and O–H groups in total. The summed E-state index contributed by atoms with van der Waals surface area (Å²) in [7, 11) is 1.54. The van der Waals surface area contributed by atoms with E-state index in [9.17, 15) is 14.4 Å². The highest BCUT2D eigenvalue weighted by Gasteiger charge is 2.37. The number of imide groups is 1. The minimum atomic E-state index is -0.525. The smallest absolute Gasteiger partial charge is 0.338 e. The second-order valence-electron chi connectivity index (χ2n) is 5.12. The molecule has 2 aromatic carbocycles. The second-order valence-corrected chi connectivity index (χ2v) is 5.12. The van der Waals surface area contributed by atoms with Crippen LogP contribution in [0.15, 0.2) is 42.5 Å². The molecule has 0 unspecified atom stereocenters. The molecule has 6 heteroatoms. The minimum Gasteiger partial charge on any atom is -0.497 e. The van der Waals surface area contributed by atoms with Crippen molar-refractivity contribution in [1.82, 2.24) is 0 Å². The van der Waals surface area contributed by atoms with Crippen LogP contribution in [0.25, 0.3) is 0 Å². The summed E-state index contributed by atoms with van der Waals surface area (Å²) >= 11 is 0. The molecule has 0 aromatic heterocycles. The lowest BCUT2D eigenvalue weighted by atomic mass is 10.1. The van der Waals surface area contributed by atoms with Crippen LogP contribution in [0, 0.1) is 0 Å². The predicted molar refractivity (Wildman–Crippen MR) is 86.5 cm³/mol. The summed E-state index contributed by atoms with van der Waals surface area (Å²) in [5.41, 5.74) is 1.15. The minimum absolute atomic E-state index is 0.196. The maximum absolute atomic E-state index is 12.6. The lowest BCUT2D eigenvalue weighted by Gasteiger charge is -2.14. The Morgan fingerprint density at radius 3 is 2.29 bits per heavy atom. The first kappa shape index (κ1) is 15.7. The molecular weight excluding hydrogens is 310 g/mol. The number of methoxy groups -OCH3 is 1. The molecule has 122 valence electrons. The summed E-state index contributed by atoms with van der Waals surface area (Å²) in [5, 5.41) is 0. The molecular formula is C18H15NO5. The van der Waals surface area contributed by atoms with Crippen molar-refractivity contribution in [2.24, 2.45) is 0 Å². The van der Waals surface area contributed by atoms with Gasteiger partial charge in [0.2, 0.25) is 0 Å². The number of hydrogen-bond acceptors (Lipinski definition) is 5. The fourth-order valence-corrected chi connectivity index (χ4v) is 2.55. The Morgan fingerprint density at radius 1 is 1.00 bits per heavy atom. The van der Waals surface area contributed by atoms with Gasteiger partial charge < -0.3 is 9.47 Å². The summed E-state index contributed by atoms with van der Waals surface area (Å²) in [5.74, 6) is -0.787. The van der Waals surface area contributed by atoms with Gasteiger partial charge >= 0.3 is 5.97 Å². The van der Waals surface area contributed by atoms with Gasteiger partial charge in [0.25, 0.3) is 11.8 Å². The van der Waals surface area contributed by atoms with E-state index >= 15 is 0 Å². The first-order valence-corrected chi connectivity index (χ1v) is 7.40. The monoisotopic (exact) mass is 325 g/mol. The number of rotatable bonds is 4. The van der Waals surface area contributed by atoms with E-state index in [1.54, 1.807) is 31.2 Å². The van der Waals surface area contributed by atoms with Crippen molar-refractivity contribution in [3.63, 3.8) is 0 Å². The lowest BCUT2D eigenvalue weighted by molar-refractivity contribution is 0.0526. The summed E-state index contributed by atoms with van der Waals surface area (Å²) in [6.45, 7) is 1.94. The zero-order valence-electron chi connectivity index (χ0n) is 13.2. The summed E-state index contributed by atoms with van der Waals surface area (Å²) < 4.78 is 10.00. The number of nitrogens with zero attached hydrogens (tertiary/aromatic N) is 1. The van der Waals surface area contributed by atoms with E-state index in [0.29, 0.717) is 11.4 Å². The van der Waals surface area contributed by atoms with Crippen LogP contribution >= 0.6 is 0 Å². The number of ether oxygens (including phenoxy) is 2. The van der Waals surface area contributed by atoms with Gasteiger partial charge in [-0.05, 0) is 49.4 Å². The topological polar surface area (TPSA) is 72.9 Å². The molecule has 0 saturated heterocycles. The summed E-state index contributed by atoms with van der Waals surface area (Å²) in [4.78, 5) is 38.0. The molecule has 0 saturated carbocycles. The largest absolute Gasteiger partial charge is 0.497 e. The van der Waals surface area contributed by atoms with Crippen LogP contribution in [-0.4, -0.2) is 31.5 Å². The van der Waals surface area contributed by atoms with Gasteiger partial charge in [-0.1, -0.05) is 0 Å². The van der Waals surface area contributed by atoms with E-state index in [1.807, 2.05) is 0 Å². The Morgan fingerprint density at radius 2 is 1.67 bits per heavy atom.